The SMILES string of the molecule is COc1cccc(CN(C(=O)CN(c2ccccc2F)S(=O)(=O)c2ccc(C)cc2)[C@H](Cc2ccccc2)C(=O)NC2CCCCC2)c1. The second kappa shape index (κ2) is 15.9. The summed E-state index contributed by atoms with van der Waals surface area (Å²) < 4.78 is 49.9. The fourth-order valence-corrected chi connectivity index (χ4v) is 7.49. The molecule has 0 bridgehead atoms. The minimum Gasteiger partial charge on any atom is -0.497 e. The van der Waals surface area contributed by atoms with E-state index in [4.69, 9.17) is 4.74 Å². The topological polar surface area (TPSA) is 96.0 Å². The van der Waals surface area contributed by atoms with Crippen LogP contribution in [0, 0.1) is 12.7 Å². The number of hydrogen-bond donors (Lipinski definition) is 1. The number of nitrogens with one attached hydrogen (secondary N) is 1. The van der Waals surface area contributed by atoms with Crippen LogP contribution in [0.2, 0.25) is 0 Å². The van der Waals surface area contributed by atoms with Crippen LogP contribution < -0.4 is 14.4 Å². The Morgan fingerprint density at radius 2 is 1.54 bits per heavy atom. The van der Waals surface area contributed by atoms with Crippen LogP contribution >= 0.6 is 0 Å². The van der Waals surface area contributed by atoms with E-state index in [9.17, 15) is 18.0 Å². The van der Waals surface area contributed by atoms with Crippen molar-refractivity contribution >= 4 is 27.5 Å². The average Bonchev–Trinajstić information content (AvgIpc) is 3.10. The highest BCUT2D eigenvalue weighted by Gasteiger charge is 2.36. The van der Waals surface area contributed by atoms with Crippen molar-refractivity contribution in [2.45, 2.75) is 69.0 Å². The molecule has 2 amide bonds. The van der Waals surface area contributed by atoms with Crippen molar-refractivity contribution in [3.63, 3.8) is 0 Å². The number of halogens is 1. The fraction of sp³-hybridized carbons (Fsp3) is 0.316. The largest absolute Gasteiger partial charge is 0.497 e. The van der Waals surface area contributed by atoms with Gasteiger partial charge in [-0.3, -0.25) is 13.9 Å². The van der Waals surface area contributed by atoms with Crippen molar-refractivity contribution in [1.29, 1.82) is 0 Å². The highest BCUT2D eigenvalue weighted by Crippen LogP contribution is 2.28. The first-order valence-corrected chi connectivity index (χ1v) is 17.7. The van der Waals surface area contributed by atoms with E-state index in [1.54, 1.807) is 37.4 Å². The summed E-state index contributed by atoms with van der Waals surface area (Å²) in [5.41, 5.74) is 2.10. The van der Waals surface area contributed by atoms with Crippen LogP contribution in [0.4, 0.5) is 10.1 Å². The maximum atomic E-state index is 15.4. The molecule has 1 N–H and O–H groups in total. The van der Waals surface area contributed by atoms with Crippen LogP contribution in [0.3, 0.4) is 0 Å². The van der Waals surface area contributed by atoms with E-state index in [1.807, 2.05) is 43.3 Å². The molecule has 1 fully saturated rings. The monoisotopic (exact) mass is 671 g/mol. The molecule has 1 aliphatic rings. The van der Waals surface area contributed by atoms with E-state index in [-0.39, 0.29) is 35.5 Å². The summed E-state index contributed by atoms with van der Waals surface area (Å²) >= 11 is 0. The summed E-state index contributed by atoms with van der Waals surface area (Å²) in [6.07, 6.45) is 5.03. The van der Waals surface area contributed by atoms with Crippen molar-refractivity contribution in [1.82, 2.24) is 10.2 Å². The van der Waals surface area contributed by atoms with Crippen LogP contribution in [-0.4, -0.2) is 50.9 Å². The number of hydrogen-bond acceptors (Lipinski definition) is 5. The summed E-state index contributed by atoms with van der Waals surface area (Å²) in [6, 6.07) is 27.2. The lowest BCUT2D eigenvalue weighted by molar-refractivity contribution is -0.140. The van der Waals surface area contributed by atoms with Gasteiger partial charge >= 0.3 is 0 Å². The number of ether oxygens (including phenoxy) is 1. The molecule has 4 aromatic rings. The number of benzene rings is 4. The minimum absolute atomic E-state index is 0.0126. The summed E-state index contributed by atoms with van der Waals surface area (Å²) in [5, 5.41) is 3.19. The number of anilines is 1. The molecule has 48 heavy (non-hydrogen) atoms. The van der Waals surface area contributed by atoms with E-state index in [0.29, 0.717) is 11.3 Å². The number of nitrogens with zero attached hydrogens (tertiary/aromatic N) is 2. The highest BCUT2D eigenvalue weighted by atomic mass is 32.2. The summed E-state index contributed by atoms with van der Waals surface area (Å²) in [5.74, 6) is -1.20. The Morgan fingerprint density at radius 3 is 2.23 bits per heavy atom. The Morgan fingerprint density at radius 1 is 0.875 bits per heavy atom. The zero-order chi connectivity index (χ0) is 34.1. The normalized spacial score (nSPS) is 14.1. The molecular formula is C38H42FN3O5S. The standard InChI is InChI=1S/C38H42FN3O5S/c1-28-20-22-33(23-21-28)48(45,46)42(35-19-10-9-18-34(35)39)27-37(43)41(26-30-14-11-17-32(24-30)47-2)36(25-29-12-5-3-6-13-29)38(44)40-31-15-7-4-8-16-31/h3,5-6,9-14,17-24,31,36H,4,7-8,15-16,25-27H2,1-2H3,(H,40,44)/t36-/m1/s1. The molecule has 4 aromatic carbocycles. The van der Waals surface area contributed by atoms with Crippen LogP contribution in [0.1, 0.15) is 48.8 Å². The average molecular weight is 672 g/mol. The highest BCUT2D eigenvalue weighted by molar-refractivity contribution is 7.92. The molecule has 0 saturated heterocycles. The molecule has 5 rings (SSSR count). The van der Waals surface area contributed by atoms with Crippen molar-refractivity contribution in [3.05, 3.63) is 126 Å². The third kappa shape index (κ3) is 8.60. The summed E-state index contributed by atoms with van der Waals surface area (Å²) in [7, 11) is -2.87. The zero-order valence-electron chi connectivity index (χ0n) is 27.3. The number of carbonyl (C=O) groups excluding carboxylic acids is 2. The summed E-state index contributed by atoms with van der Waals surface area (Å²) in [6.45, 7) is 1.08. The predicted octanol–water partition coefficient (Wildman–Crippen LogP) is 6.43. The number of rotatable bonds is 13. The van der Waals surface area contributed by atoms with Gasteiger partial charge in [0.1, 0.15) is 24.2 Å². The van der Waals surface area contributed by atoms with E-state index in [1.165, 1.54) is 35.2 Å². The number of amides is 2. The molecular weight excluding hydrogens is 629 g/mol. The first kappa shape index (κ1) is 34.6. The Hall–Kier alpha value is -4.70. The van der Waals surface area contributed by atoms with Crippen molar-refractivity contribution in [2.24, 2.45) is 0 Å². The lowest BCUT2D eigenvalue weighted by Crippen LogP contribution is -2.55. The van der Waals surface area contributed by atoms with Gasteiger partial charge in [-0.15, -0.1) is 0 Å². The van der Waals surface area contributed by atoms with E-state index in [2.05, 4.69) is 5.32 Å². The smallest absolute Gasteiger partial charge is 0.264 e. The Balaban J connectivity index is 1.58. The van der Waals surface area contributed by atoms with Crippen molar-refractivity contribution in [3.8, 4) is 5.75 Å². The van der Waals surface area contributed by atoms with Gasteiger partial charge in [0.15, 0.2) is 0 Å². The molecule has 10 heteroatoms. The van der Waals surface area contributed by atoms with Gasteiger partial charge in [0.05, 0.1) is 17.7 Å². The van der Waals surface area contributed by atoms with Gasteiger partial charge in [0, 0.05) is 19.0 Å². The maximum absolute atomic E-state index is 15.4. The molecule has 0 aromatic heterocycles. The zero-order valence-corrected chi connectivity index (χ0v) is 28.2. The summed E-state index contributed by atoms with van der Waals surface area (Å²) in [4.78, 5) is 30.2. The molecule has 1 aliphatic carbocycles. The van der Waals surface area contributed by atoms with Gasteiger partial charge in [-0.25, -0.2) is 12.8 Å². The lowest BCUT2D eigenvalue weighted by Gasteiger charge is -2.35. The van der Waals surface area contributed by atoms with Crippen LogP contribution in [0.15, 0.2) is 108 Å². The molecule has 252 valence electrons. The first-order chi connectivity index (χ1) is 23.2. The van der Waals surface area contributed by atoms with Crippen LogP contribution in [-0.2, 0) is 32.6 Å². The first-order valence-electron chi connectivity index (χ1n) is 16.3. The fourth-order valence-electron chi connectivity index (χ4n) is 6.07. The molecule has 0 spiro atoms. The van der Waals surface area contributed by atoms with Gasteiger partial charge in [0.2, 0.25) is 11.8 Å². The van der Waals surface area contributed by atoms with E-state index in [0.717, 1.165) is 53.6 Å². The molecule has 0 radical (unpaired) electrons. The molecule has 1 saturated carbocycles. The third-order valence-electron chi connectivity index (χ3n) is 8.72. The molecule has 0 aliphatic heterocycles. The predicted molar refractivity (Wildman–Crippen MR) is 185 cm³/mol. The number of aryl methyl sites for hydroxylation is 1. The Labute approximate surface area is 282 Å². The van der Waals surface area contributed by atoms with Crippen molar-refractivity contribution < 1.29 is 27.1 Å². The minimum atomic E-state index is -4.41. The van der Waals surface area contributed by atoms with E-state index >= 15 is 4.39 Å². The lowest BCUT2D eigenvalue weighted by atomic mass is 9.94. The van der Waals surface area contributed by atoms with Gasteiger partial charge in [-0.1, -0.05) is 91.6 Å². The number of para-hydroxylation sites is 1. The maximum Gasteiger partial charge on any atom is 0.264 e. The molecule has 0 unspecified atom stereocenters. The molecule has 8 nitrogen and oxygen atoms in total. The molecule has 0 heterocycles. The third-order valence-corrected chi connectivity index (χ3v) is 10.5. The second-order valence-corrected chi connectivity index (χ2v) is 14.1. The van der Waals surface area contributed by atoms with Crippen LogP contribution in [0.5, 0.6) is 5.75 Å². The Bertz CT molecular complexity index is 1790. The van der Waals surface area contributed by atoms with Gasteiger partial charge < -0.3 is 15.0 Å². The second-order valence-electron chi connectivity index (χ2n) is 12.2. The Kier molecular flexibility index (Phi) is 11.5. The van der Waals surface area contributed by atoms with Crippen LogP contribution in [0.25, 0.3) is 0 Å². The van der Waals surface area contributed by atoms with Gasteiger partial charge in [-0.2, -0.15) is 0 Å². The molecule has 1 atom stereocenters. The van der Waals surface area contributed by atoms with Gasteiger partial charge in [0.25, 0.3) is 10.0 Å². The van der Waals surface area contributed by atoms with Gasteiger partial charge in [-0.05, 0) is 67.3 Å². The van der Waals surface area contributed by atoms with E-state index < -0.39 is 34.3 Å². The number of methoxy groups -OCH3 is 1. The number of carbonyl (C=O) groups is 2. The van der Waals surface area contributed by atoms with Crippen molar-refractivity contribution in [2.75, 3.05) is 18.0 Å². The quantitative estimate of drug-likeness (QED) is 0.177. The number of sulfonamides is 1.